The molecule has 1 atom stereocenters. The van der Waals surface area contributed by atoms with Crippen LogP contribution in [0, 0.1) is 11.6 Å². The highest BCUT2D eigenvalue weighted by molar-refractivity contribution is 7.12. The number of aromatic nitrogens is 2. The first-order chi connectivity index (χ1) is 11.0. The molecule has 118 valence electrons. The molecule has 0 fully saturated rings. The van der Waals surface area contributed by atoms with Crippen molar-refractivity contribution in [1.82, 2.24) is 15.5 Å². The number of hydrogen-bond donors (Lipinski definition) is 1. The average molecular weight is 335 g/mol. The van der Waals surface area contributed by atoms with Crippen molar-refractivity contribution in [2.45, 2.75) is 13.0 Å². The summed E-state index contributed by atoms with van der Waals surface area (Å²) in [4.78, 5) is 16.6. The van der Waals surface area contributed by atoms with Crippen LogP contribution in [-0.2, 0) is 0 Å². The Kier molecular flexibility index (Phi) is 4.16. The van der Waals surface area contributed by atoms with Crippen LogP contribution in [0.3, 0.4) is 0 Å². The Balaban J connectivity index is 1.75. The lowest BCUT2D eigenvalue weighted by atomic mass is 10.2. The van der Waals surface area contributed by atoms with E-state index in [4.69, 9.17) is 4.52 Å². The third-order valence-electron chi connectivity index (χ3n) is 3.08. The van der Waals surface area contributed by atoms with E-state index in [1.54, 1.807) is 24.4 Å². The van der Waals surface area contributed by atoms with Gasteiger partial charge in [-0.1, -0.05) is 11.2 Å². The summed E-state index contributed by atoms with van der Waals surface area (Å²) in [6.07, 6.45) is 0. The van der Waals surface area contributed by atoms with Crippen LogP contribution in [0.4, 0.5) is 8.78 Å². The topological polar surface area (TPSA) is 68.0 Å². The minimum absolute atomic E-state index is 0.121. The molecule has 0 saturated carbocycles. The van der Waals surface area contributed by atoms with E-state index in [-0.39, 0.29) is 23.2 Å². The van der Waals surface area contributed by atoms with Crippen molar-refractivity contribution in [2.24, 2.45) is 0 Å². The second-order valence-electron chi connectivity index (χ2n) is 4.76. The molecule has 1 unspecified atom stereocenters. The number of benzene rings is 1. The lowest BCUT2D eigenvalue weighted by molar-refractivity contribution is 0.0936. The van der Waals surface area contributed by atoms with Crippen LogP contribution in [0.1, 0.15) is 28.5 Å². The van der Waals surface area contributed by atoms with Crippen molar-refractivity contribution in [2.75, 3.05) is 0 Å². The Morgan fingerprint density at radius 3 is 2.83 bits per heavy atom. The molecule has 0 saturated heterocycles. The molecule has 1 aromatic carbocycles. The normalized spacial score (nSPS) is 12.1. The summed E-state index contributed by atoms with van der Waals surface area (Å²) >= 11 is 1.32. The number of hydrogen-bond acceptors (Lipinski definition) is 5. The first kappa shape index (κ1) is 15.3. The van der Waals surface area contributed by atoms with Crippen molar-refractivity contribution in [3.05, 3.63) is 58.1 Å². The predicted octanol–water partition coefficient (Wildman–Crippen LogP) is 3.57. The molecule has 2 heterocycles. The van der Waals surface area contributed by atoms with Gasteiger partial charge in [0.1, 0.15) is 6.04 Å². The van der Waals surface area contributed by atoms with Gasteiger partial charge in [-0.05, 0) is 36.6 Å². The van der Waals surface area contributed by atoms with Crippen LogP contribution in [0.2, 0.25) is 0 Å². The molecule has 1 amide bonds. The minimum atomic E-state index is -0.993. The number of carbonyl (C=O) groups excluding carboxylic acids is 1. The monoisotopic (exact) mass is 335 g/mol. The number of halogens is 2. The van der Waals surface area contributed by atoms with E-state index in [1.807, 2.05) is 0 Å². The highest BCUT2D eigenvalue weighted by Crippen LogP contribution is 2.21. The fraction of sp³-hybridized carbons (Fsp3) is 0.133. The molecule has 5 nitrogen and oxygen atoms in total. The number of thiophene rings is 1. The van der Waals surface area contributed by atoms with Crippen molar-refractivity contribution >= 4 is 17.2 Å². The molecule has 0 radical (unpaired) electrons. The number of nitrogens with zero attached hydrogens (tertiary/aromatic N) is 2. The smallest absolute Gasteiger partial charge is 0.261 e. The van der Waals surface area contributed by atoms with Crippen LogP contribution >= 0.6 is 11.3 Å². The van der Waals surface area contributed by atoms with Gasteiger partial charge in [-0.25, -0.2) is 8.78 Å². The Morgan fingerprint density at radius 1 is 1.30 bits per heavy atom. The highest BCUT2D eigenvalue weighted by atomic mass is 32.1. The van der Waals surface area contributed by atoms with Gasteiger partial charge in [0.05, 0.1) is 4.88 Å². The standard InChI is InChI=1S/C15H11F2N3O2S/c1-8(18-14(21)12-3-2-6-23-12)15-19-13(20-22-15)9-4-5-10(16)11(17)7-9/h2-8H,1H3,(H,18,21). The van der Waals surface area contributed by atoms with E-state index < -0.39 is 17.7 Å². The van der Waals surface area contributed by atoms with Crippen LogP contribution < -0.4 is 5.32 Å². The molecule has 0 bridgehead atoms. The molecule has 1 N–H and O–H groups in total. The largest absolute Gasteiger partial charge is 0.340 e. The molecule has 0 spiro atoms. The SMILES string of the molecule is CC(NC(=O)c1cccs1)c1nc(-c2ccc(F)c(F)c2)no1. The number of amides is 1. The summed E-state index contributed by atoms with van der Waals surface area (Å²) < 4.78 is 31.3. The molecule has 8 heteroatoms. The van der Waals surface area contributed by atoms with E-state index >= 15 is 0 Å². The molecular weight excluding hydrogens is 324 g/mol. The third-order valence-corrected chi connectivity index (χ3v) is 3.95. The maximum atomic E-state index is 13.2. The minimum Gasteiger partial charge on any atom is -0.340 e. The molecule has 3 rings (SSSR count). The first-order valence-corrected chi connectivity index (χ1v) is 7.56. The molecular formula is C15H11F2N3O2S. The summed E-state index contributed by atoms with van der Waals surface area (Å²) in [5.74, 6) is -1.90. The van der Waals surface area contributed by atoms with Gasteiger partial charge in [-0.2, -0.15) is 4.98 Å². The van der Waals surface area contributed by atoms with E-state index in [0.29, 0.717) is 4.88 Å². The van der Waals surface area contributed by atoms with Crippen LogP contribution in [0.15, 0.2) is 40.2 Å². The maximum Gasteiger partial charge on any atom is 0.261 e. The summed E-state index contributed by atoms with van der Waals surface area (Å²) in [5, 5.41) is 8.25. The quantitative estimate of drug-likeness (QED) is 0.791. The fourth-order valence-electron chi connectivity index (χ4n) is 1.90. The van der Waals surface area contributed by atoms with Gasteiger partial charge in [-0.3, -0.25) is 4.79 Å². The van der Waals surface area contributed by atoms with Gasteiger partial charge in [0.15, 0.2) is 11.6 Å². The average Bonchev–Trinajstić information content (AvgIpc) is 3.21. The molecule has 2 aromatic heterocycles. The van der Waals surface area contributed by atoms with E-state index in [9.17, 15) is 13.6 Å². The van der Waals surface area contributed by atoms with Gasteiger partial charge >= 0.3 is 0 Å². The van der Waals surface area contributed by atoms with Crippen LogP contribution in [0.5, 0.6) is 0 Å². The molecule has 0 aliphatic rings. The number of rotatable bonds is 4. The second-order valence-corrected chi connectivity index (χ2v) is 5.71. The summed E-state index contributed by atoms with van der Waals surface area (Å²) in [6, 6.07) is 6.28. The van der Waals surface area contributed by atoms with Gasteiger partial charge < -0.3 is 9.84 Å². The first-order valence-electron chi connectivity index (χ1n) is 6.68. The lowest BCUT2D eigenvalue weighted by Gasteiger charge is -2.07. The van der Waals surface area contributed by atoms with E-state index in [2.05, 4.69) is 15.5 Å². The third kappa shape index (κ3) is 3.26. The Hall–Kier alpha value is -2.61. The molecule has 3 aromatic rings. The van der Waals surface area contributed by atoms with Crippen LogP contribution in [0.25, 0.3) is 11.4 Å². The summed E-state index contributed by atoms with van der Waals surface area (Å²) in [7, 11) is 0. The Bertz CT molecular complexity index is 833. The van der Waals surface area contributed by atoms with E-state index in [1.165, 1.54) is 17.4 Å². The summed E-state index contributed by atoms with van der Waals surface area (Å²) in [5.41, 5.74) is 0.288. The Morgan fingerprint density at radius 2 is 2.13 bits per heavy atom. The zero-order valence-corrected chi connectivity index (χ0v) is 12.7. The zero-order chi connectivity index (χ0) is 16.4. The van der Waals surface area contributed by atoms with E-state index in [0.717, 1.165) is 12.1 Å². The zero-order valence-electron chi connectivity index (χ0n) is 11.9. The fourth-order valence-corrected chi connectivity index (χ4v) is 2.53. The predicted molar refractivity (Wildman–Crippen MR) is 79.9 cm³/mol. The van der Waals surface area contributed by atoms with Gasteiger partial charge in [-0.15, -0.1) is 11.3 Å². The molecule has 23 heavy (non-hydrogen) atoms. The number of nitrogens with one attached hydrogen (secondary N) is 1. The molecule has 0 aliphatic heterocycles. The lowest BCUT2D eigenvalue weighted by Crippen LogP contribution is -2.26. The van der Waals surface area contributed by atoms with Crippen molar-refractivity contribution in [3.63, 3.8) is 0 Å². The second kappa shape index (κ2) is 6.25. The van der Waals surface area contributed by atoms with Gasteiger partial charge in [0.25, 0.3) is 5.91 Å². The van der Waals surface area contributed by atoms with Gasteiger partial charge in [0, 0.05) is 5.56 Å². The maximum absolute atomic E-state index is 13.2. The van der Waals surface area contributed by atoms with Gasteiger partial charge in [0.2, 0.25) is 11.7 Å². The number of carbonyl (C=O) groups is 1. The highest BCUT2D eigenvalue weighted by Gasteiger charge is 2.19. The molecule has 0 aliphatic carbocycles. The van der Waals surface area contributed by atoms with Crippen molar-refractivity contribution in [1.29, 1.82) is 0 Å². The van der Waals surface area contributed by atoms with Crippen molar-refractivity contribution in [3.8, 4) is 11.4 Å². The Labute approximate surface area is 134 Å². The van der Waals surface area contributed by atoms with Crippen molar-refractivity contribution < 1.29 is 18.1 Å². The van der Waals surface area contributed by atoms with Crippen LogP contribution in [-0.4, -0.2) is 16.0 Å². The summed E-state index contributed by atoms with van der Waals surface area (Å²) in [6.45, 7) is 1.69.